The highest BCUT2D eigenvalue weighted by atomic mass is 16.2. The number of benzene rings is 1. The highest BCUT2D eigenvalue weighted by molar-refractivity contribution is 6.07. The van der Waals surface area contributed by atoms with Crippen molar-refractivity contribution in [2.24, 2.45) is 0 Å². The van der Waals surface area contributed by atoms with E-state index in [-0.39, 0.29) is 23.4 Å². The molecular formula is C20H27N3O2. The van der Waals surface area contributed by atoms with Crippen LogP contribution in [-0.4, -0.2) is 18.0 Å². The number of amides is 3. The van der Waals surface area contributed by atoms with Crippen LogP contribution in [0.5, 0.6) is 0 Å². The molecule has 1 aromatic rings. The van der Waals surface area contributed by atoms with E-state index in [4.69, 9.17) is 0 Å². The Hall–Kier alpha value is -2.04. The molecule has 0 unspecified atom stereocenters. The number of urea groups is 1. The lowest BCUT2D eigenvalue weighted by atomic mass is 9.70. The van der Waals surface area contributed by atoms with E-state index in [9.17, 15) is 9.59 Å². The summed E-state index contributed by atoms with van der Waals surface area (Å²) in [6.45, 7) is 0. The van der Waals surface area contributed by atoms with Crippen LogP contribution in [0.15, 0.2) is 18.2 Å². The standard InChI is InChI=1S/C20H27N3O2/c24-18-20(11-5-2-6-12-20)16-13-15(9-10-17(16)23-18)22-19(25)21-14-7-3-1-4-8-14/h9-10,13-14H,1-8,11-12H2,(H,23,24)(H2,21,22,25). The van der Waals surface area contributed by atoms with Crippen LogP contribution in [0, 0.1) is 0 Å². The summed E-state index contributed by atoms with van der Waals surface area (Å²) in [6.07, 6.45) is 11.0. The molecule has 0 bridgehead atoms. The van der Waals surface area contributed by atoms with Gasteiger partial charge in [0.25, 0.3) is 0 Å². The van der Waals surface area contributed by atoms with Crippen molar-refractivity contribution in [3.05, 3.63) is 23.8 Å². The zero-order chi connectivity index (χ0) is 17.3. The van der Waals surface area contributed by atoms with Gasteiger partial charge in [0.05, 0.1) is 5.41 Å². The van der Waals surface area contributed by atoms with Gasteiger partial charge in [-0.05, 0) is 49.4 Å². The molecular weight excluding hydrogens is 314 g/mol. The van der Waals surface area contributed by atoms with E-state index < -0.39 is 0 Å². The molecule has 5 nitrogen and oxygen atoms in total. The topological polar surface area (TPSA) is 70.2 Å². The minimum Gasteiger partial charge on any atom is -0.335 e. The van der Waals surface area contributed by atoms with Gasteiger partial charge in [-0.15, -0.1) is 0 Å². The van der Waals surface area contributed by atoms with Crippen LogP contribution in [0.2, 0.25) is 0 Å². The van der Waals surface area contributed by atoms with Crippen molar-refractivity contribution in [1.29, 1.82) is 0 Å². The summed E-state index contributed by atoms with van der Waals surface area (Å²) in [6, 6.07) is 5.95. The van der Waals surface area contributed by atoms with Crippen LogP contribution in [0.4, 0.5) is 16.2 Å². The van der Waals surface area contributed by atoms with Gasteiger partial charge in [-0.2, -0.15) is 0 Å². The fraction of sp³-hybridized carbons (Fsp3) is 0.600. The molecule has 1 spiro atoms. The maximum absolute atomic E-state index is 12.6. The van der Waals surface area contributed by atoms with Crippen molar-refractivity contribution in [2.45, 2.75) is 75.7 Å². The van der Waals surface area contributed by atoms with Gasteiger partial charge in [-0.3, -0.25) is 4.79 Å². The molecule has 1 heterocycles. The summed E-state index contributed by atoms with van der Waals surface area (Å²) in [5.74, 6) is 0.131. The van der Waals surface area contributed by atoms with E-state index in [0.29, 0.717) is 0 Å². The Morgan fingerprint density at radius 1 is 1.04 bits per heavy atom. The first-order valence-corrected chi connectivity index (χ1v) is 9.71. The maximum Gasteiger partial charge on any atom is 0.319 e. The monoisotopic (exact) mass is 341 g/mol. The molecule has 3 N–H and O–H groups in total. The fourth-order valence-corrected chi connectivity index (χ4v) is 4.74. The molecule has 0 radical (unpaired) electrons. The van der Waals surface area contributed by atoms with Gasteiger partial charge in [0, 0.05) is 17.4 Å². The van der Waals surface area contributed by atoms with Crippen LogP contribution in [0.3, 0.4) is 0 Å². The Kier molecular flexibility index (Phi) is 4.40. The molecule has 3 amide bonds. The third kappa shape index (κ3) is 3.12. The zero-order valence-electron chi connectivity index (χ0n) is 14.7. The SMILES string of the molecule is O=C(Nc1ccc2c(c1)C1(CCCCC1)C(=O)N2)NC1CCCCC1. The molecule has 2 saturated carbocycles. The Balaban J connectivity index is 1.49. The van der Waals surface area contributed by atoms with Crippen molar-refractivity contribution in [3.63, 3.8) is 0 Å². The molecule has 4 rings (SSSR count). The van der Waals surface area contributed by atoms with E-state index in [1.54, 1.807) is 0 Å². The van der Waals surface area contributed by atoms with Gasteiger partial charge in [0.2, 0.25) is 5.91 Å². The van der Waals surface area contributed by atoms with Gasteiger partial charge < -0.3 is 16.0 Å². The fourth-order valence-electron chi connectivity index (χ4n) is 4.74. The number of carbonyl (C=O) groups is 2. The zero-order valence-corrected chi connectivity index (χ0v) is 14.7. The van der Waals surface area contributed by atoms with Crippen LogP contribution >= 0.6 is 0 Å². The van der Waals surface area contributed by atoms with E-state index >= 15 is 0 Å². The van der Waals surface area contributed by atoms with Gasteiger partial charge in [0.15, 0.2) is 0 Å². The van der Waals surface area contributed by atoms with Gasteiger partial charge in [0.1, 0.15) is 0 Å². The molecule has 2 fully saturated rings. The maximum atomic E-state index is 12.6. The van der Waals surface area contributed by atoms with Crippen molar-refractivity contribution in [2.75, 3.05) is 10.6 Å². The minimum absolute atomic E-state index is 0.131. The largest absolute Gasteiger partial charge is 0.335 e. The summed E-state index contributed by atoms with van der Waals surface area (Å²) < 4.78 is 0. The molecule has 25 heavy (non-hydrogen) atoms. The second kappa shape index (κ2) is 6.70. The smallest absolute Gasteiger partial charge is 0.319 e. The van der Waals surface area contributed by atoms with E-state index in [1.807, 2.05) is 18.2 Å². The second-order valence-corrected chi connectivity index (χ2v) is 7.79. The number of anilines is 2. The van der Waals surface area contributed by atoms with E-state index in [2.05, 4.69) is 16.0 Å². The van der Waals surface area contributed by atoms with E-state index in [1.165, 1.54) is 25.7 Å². The minimum atomic E-state index is -0.384. The molecule has 134 valence electrons. The lowest BCUT2D eigenvalue weighted by Gasteiger charge is -2.31. The molecule has 0 saturated heterocycles. The molecule has 5 heteroatoms. The highest BCUT2D eigenvalue weighted by Gasteiger charge is 2.47. The first kappa shape index (κ1) is 16.4. The van der Waals surface area contributed by atoms with Crippen LogP contribution in [0.1, 0.15) is 69.8 Å². The number of carbonyl (C=O) groups excluding carboxylic acids is 2. The lowest BCUT2D eigenvalue weighted by Crippen LogP contribution is -2.39. The number of nitrogens with one attached hydrogen (secondary N) is 3. The third-order valence-electron chi connectivity index (χ3n) is 6.12. The predicted octanol–water partition coefficient (Wildman–Crippen LogP) is 4.29. The quantitative estimate of drug-likeness (QED) is 0.751. The van der Waals surface area contributed by atoms with Gasteiger partial charge in [-0.25, -0.2) is 4.79 Å². The number of hydrogen-bond acceptors (Lipinski definition) is 2. The normalized spacial score (nSPS) is 22.3. The summed E-state index contributed by atoms with van der Waals surface area (Å²) in [5, 5.41) is 9.09. The third-order valence-corrected chi connectivity index (χ3v) is 6.12. The van der Waals surface area contributed by atoms with Crippen LogP contribution < -0.4 is 16.0 Å². The Bertz CT molecular complexity index is 674. The number of hydrogen-bond donors (Lipinski definition) is 3. The average molecular weight is 341 g/mol. The van der Waals surface area contributed by atoms with Crippen LogP contribution in [-0.2, 0) is 10.2 Å². The van der Waals surface area contributed by atoms with Crippen molar-refractivity contribution in [1.82, 2.24) is 5.32 Å². The first-order chi connectivity index (χ1) is 12.2. The molecule has 1 aliphatic heterocycles. The molecule has 0 atom stereocenters. The summed E-state index contributed by atoms with van der Waals surface area (Å²) in [4.78, 5) is 24.9. The van der Waals surface area contributed by atoms with Crippen LogP contribution in [0.25, 0.3) is 0 Å². The van der Waals surface area contributed by atoms with E-state index in [0.717, 1.165) is 55.5 Å². The molecule has 2 aliphatic carbocycles. The Morgan fingerprint density at radius 3 is 2.52 bits per heavy atom. The van der Waals surface area contributed by atoms with Crippen molar-refractivity contribution < 1.29 is 9.59 Å². The lowest BCUT2D eigenvalue weighted by molar-refractivity contribution is -0.121. The second-order valence-electron chi connectivity index (χ2n) is 7.79. The Morgan fingerprint density at radius 2 is 1.76 bits per heavy atom. The van der Waals surface area contributed by atoms with Gasteiger partial charge >= 0.3 is 6.03 Å². The summed E-state index contributed by atoms with van der Waals surface area (Å²) >= 11 is 0. The Labute approximate surface area is 148 Å². The van der Waals surface area contributed by atoms with Gasteiger partial charge in [-0.1, -0.05) is 38.5 Å². The summed E-state index contributed by atoms with van der Waals surface area (Å²) in [7, 11) is 0. The highest BCUT2D eigenvalue weighted by Crippen LogP contribution is 2.48. The van der Waals surface area contributed by atoms with Crippen molar-refractivity contribution in [3.8, 4) is 0 Å². The first-order valence-electron chi connectivity index (χ1n) is 9.71. The predicted molar refractivity (Wildman–Crippen MR) is 98.9 cm³/mol. The van der Waals surface area contributed by atoms with Crippen molar-refractivity contribution >= 4 is 23.3 Å². The molecule has 0 aromatic heterocycles. The average Bonchev–Trinajstić information content (AvgIpc) is 2.88. The number of fused-ring (bicyclic) bond motifs is 2. The summed E-state index contributed by atoms with van der Waals surface area (Å²) in [5.41, 5.74) is 2.36. The molecule has 1 aromatic carbocycles. The molecule has 3 aliphatic rings. The number of rotatable bonds is 2.